The molecule has 0 saturated heterocycles. The average molecular weight is 621 g/mol. The number of amides is 2. The molecule has 0 saturated carbocycles. The highest BCUT2D eigenvalue weighted by Gasteiger charge is 2.35. The Morgan fingerprint density at radius 2 is 1.74 bits per heavy atom. The monoisotopic (exact) mass is 620 g/mol. The van der Waals surface area contributed by atoms with Gasteiger partial charge in [0.1, 0.15) is 27.4 Å². The molecule has 4 rings (SSSR count). The van der Waals surface area contributed by atoms with Crippen molar-refractivity contribution < 1.29 is 28.6 Å². The average Bonchev–Trinajstić information content (AvgIpc) is 3.45. The van der Waals surface area contributed by atoms with E-state index in [1.54, 1.807) is 38.7 Å². The van der Waals surface area contributed by atoms with Crippen molar-refractivity contribution in [2.75, 3.05) is 27.7 Å². The van der Waals surface area contributed by atoms with Crippen molar-refractivity contribution in [3.8, 4) is 17.3 Å². The van der Waals surface area contributed by atoms with Crippen LogP contribution in [0.25, 0.3) is 11.3 Å². The van der Waals surface area contributed by atoms with Crippen molar-refractivity contribution >= 4 is 57.7 Å². The normalized spacial score (nSPS) is 14.1. The summed E-state index contributed by atoms with van der Waals surface area (Å²) in [5.74, 6) is -4.45. The van der Waals surface area contributed by atoms with Crippen molar-refractivity contribution in [3.05, 3.63) is 90.9 Å². The minimum absolute atomic E-state index is 0.0160. The lowest BCUT2D eigenvalue weighted by Crippen LogP contribution is -2.44. The second kappa shape index (κ2) is 12.4. The van der Waals surface area contributed by atoms with E-state index in [-0.39, 0.29) is 32.8 Å². The Balaban J connectivity index is 1.69. The van der Waals surface area contributed by atoms with Crippen LogP contribution < -0.4 is 10.7 Å². The number of non-ortho nitro benzene ring substituents is 1. The summed E-state index contributed by atoms with van der Waals surface area (Å²) < 4.78 is 0.244. The SMILES string of the molecule is C[N+](C)(C)CC(=O)NN=C(C(=O)NC1=C(Cl)C(=O)c2ccccc2C1=O)C(C#N)c1nc(-c2ccc([N+](=O)[O-])cc2)cs1. The number of nitriles is 1. The summed E-state index contributed by atoms with van der Waals surface area (Å²) in [4.78, 5) is 66.9. The number of quaternary nitrogens is 1. The van der Waals surface area contributed by atoms with Crippen molar-refractivity contribution in [2.24, 2.45) is 5.10 Å². The first-order valence-electron chi connectivity index (χ1n) is 12.5. The lowest BCUT2D eigenvalue weighted by molar-refractivity contribution is -0.862. The standard InChI is InChI=1S/C28H22ClN7O6S/c1-36(2,3)13-21(37)33-34-23(27(40)32-24-22(29)25(38)17-6-4-5-7-18(17)26(24)39)19(12-30)28-31-20(14-43-28)15-8-10-16(11-9-15)35(41)42/h4-11,14,19H,13H2,1-3H3,(H-,32,33,37,38,40)/p+1. The summed E-state index contributed by atoms with van der Waals surface area (Å²) in [6, 6.07) is 13.5. The molecule has 0 aliphatic heterocycles. The molecular weight excluding hydrogens is 598 g/mol. The zero-order valence-electron chi connectivity index (χ0n) is 23.0. The molecule has 15 heteroatoms. The molecule has 1 unspecified atom stereocenters. The van der Waals surface area contributed by atoms with Crippen LogP contribution in [0.5, 0.6) is 0 Å². The number of Topliss-reactive ketones (excluding diaryl/α,β-unsaturated/α-hetero) is 2. The highest BCUT2D eigenvalue weighted by molar-refractivity contribution is 7.10. The summed E-state index contributed by atoms with van der Waals surface area (Å²) in [7, 11) is 5.30. The maximum absolute atomic E-state index is 13.6. The molecule has 1 aliphatic carbocycles. The number of hydrogen-bond donors (Lipinski definition) is 2. The van der Waals surface area contributed by atoms with Gasteiger partial charge >= 0.3 is 0 Å². The molecule has 218 valence electrons. The summed E-state index contributed by atoms with van der Waals surface area (Å²) >= 11 is 7.21. The Morgan fingerprint density at radius 1 is 1.12 bits per heavy atom. The number of aromatic nitrogens is 1. The lowest BCUT2D eigenvalue weighted by atomic mass is 9.92. The van der Waals surface area contributed by atoms with Crippen LogP contribution in [0, 0.1) is 21.4 Å². The van der Waals surface area contributed by atoms with Crippen LogP contribution in [0.2, 0.25) is 0 Å². The van der Waals surface area contributed by atoms with Gasteiger partial charge in [0.05, 0.1) is 37.8 Å². The lowest BCUT2D eigenvalue weighted by Gasteiger charge is -2.22. The first-order valence-corrected chi connectivity index (χ1v) is 13.7. The maximum Gasteiger partial charge on any atom is 0.295 e. The van der Waals surface area contributed by atoms with Gasteiger partial charge < -0.3 is 9.80 Å². The molecule has 2 amide bonds. The Morgan fingerprint density at radius 3 is 2.33 bits per heavy atom. The van der Waals surface area contributed by atoms with Crippen molar-refractivity contribution in [1.82, 2.24) is 15.7 Å². The van der Waals surface area contributed by atoms with Crippen LogP contribution in [0.15, 0.2) is 69.7 Å². The summed E-state index contributed by atoms with van der Waals surface area (Å²) in [6.45, 7) is -0.0160. The molecule has 1 heterocycles. The van der Waals surface area contributed by atoms with Crippen molar-refractivity contribution in [2.45, 2.75) is 5.92 Å². The number of halogens is 1. The summed E-state index contributed by atoms with van der Waals surface area (Å²) in [6.07, 6.45) is 0. The second-order valence-electron chi connectivity index (χ2n) is 10.3. The molecule has 13 nitrogen and oxygen atoms in total. The number of allylic oxidation sites excluding steroid dienone is 2. The third-order valence-corrected chi connectivity index (χ3v) is 7.27. The number of hydrazone groups is 1. The molecule has 0 fully saturated rings. The number of carbonyl (C=O) groups excluding carboxylic acids is 4. The number of likely N-dealkylation sites (N-methyl/N-ethyl adjacent to an activating group) is 1. The fourth-order valence-electron chi connectivity index (χ4n) is 4.01. The van der Waals surface area contributed by atoms with Crippen LogP contribution in [-0.2, 0) is 9.59 Å². The number of nitrogens with zero attached hydrogens (tertiary/aromatic N) is 5. The van der Waals surface area contributed by atoms with E-state index in [9.17, 15) is 34.6 Å². The maximum atomic E-state index is 13.6. The van der Waals surface area contributed by atoms with Gasteiger partial charge in [-0.2, -0.15) is 10.4 Å². The number of fused-ring (bicyclic) bond motifs is 1. The number of benzene rings is 2. The Bertz CT molecular complexity index is 1770. The number of hydrogen-bond acceptors (Lipinski definition) is 10. The largest absolute Gasteiger partial charge is 0.323 e. The van der Waals surface area contributed by atoms with E-state index in [0.29, 0.717) is 11.3 Å². The molecule has 2 N–H and O–H groups in total. The van der Waals surface area contributed by atoms with Gasteiger partial charge in [-0.3, -0.25) is 29.3 Å². The molecule has 3 aromatic rings. The number of carbonyl (C=O) groups is 4. The van der Waals surface area contributed by atoms with Crippen LogP contribution in [0.3, 0.4) is 0 Å². The third-order valence-electron chi connectivity index (χ3n) is 6.00. The van der Waals surface area contributed by atoms with Crippen LogP contribution in [-0.4, -0.2) is 71.2 Å². The zero-order chi connectivity index (χ0) is 31.5. The van der Waals surface area contributed by atoms with Crippen LogP contribution in [0.4, 0.5) is 5.69 Å². The Kier molecular flexibility index (Phi) is 8.90. The van der Waals surface area contributed by atoms with Crippen LogP contribution >= 0.6 is 22.9 Å². The van der Waals surface area contributed by atoms with Crippen molar-refractivity contribution in [1.29, 1.82) is 5.26 Å². The van der Waals surface area contributed by atoms with Gasteiger partial charge in [0.15, 0.2) is 6.54 Å². The molecule has 0 radical (unpaired) electrons. The quantitative estimate of drug-likeness (QED) is 0.158. The fraction of sp³-hybridized carbons (Fsp3) is 0.179. The summed E-state index contributed by atoms with van der Waals surface area (Å²) in [5, 5.41) is 28.6. The van der Waals surface area contributed by atoms with E-state index in [1.165, 1.54) is 36.4 Å². The number of thiazole rings is 1. The van der Waals surface area contributed by atoms with Gasteiger partial charge in [0, 0.05) is 34.2 Å². The molecule has 1 aromatic heterocycles. The van der Waals surface area contributed by atoms with Crippen LogP contribution in [0.1, 0.15) is 31.6 Å². The predicted molar refractivity (Wildman–Crippen MR) is 157 cm³/mol. The smallest absolute Gasteiger partial charge is 0.295 e. The molecule has 0 bridgehead atoms. The molecule has 1 aliphatic rings. The van der Waals surface area contributed by atoms with E-state index < -0.39 is 50.7 Å². The van der Waals surface area contributed by atoms with Gasteiger partial charge in [-0.25, -0.2) is 10.4 Å². The Hall–Kier alpha value is -5.10. The van der Waals surface area contributed by atoms with Gasteiger partial charge in [-0.15, -0.1) is 11.3 Å². The van der Waals surface area contributed by atoms with Crippen molar-refractivity contribution in [3.63, 3.8) is 0 Å². The van der Waals surface area contributed by atoms with Gasteiger partial charge in [-0.05, 0) is 12.1 Å². The van der Waals surface area contributed by atoms with E-state index in [0.717, 1.165) is 11.3 Å². The number of nitrogens with one attached hydrogen (secondary N) is 2. The highest BCUT2D eigenvalue weighted by atomic mass is 35.5. The van der Waals surface area contributed by atoms with Gasteiger partial charge in [0.2, 0.25) is 11.6 Å². The molecule has 2 aromatic carbocycles. The predicted octanol–water partition coefficient (Wildman–Crippen LogP) is 3.15. The molecule has 1 atom stereocenters. The van der Waals surface area contributed by atoms with E-state index in [2.05, 4.69) is 20.8 Å². The highest BCUT2D eigenvalue weighted by Crippen LogP contribution is 2.30. The first-order chi connectivity index (χ1) is 20.3. The summed E-state index contributed by atoms with van der Waals surface area (Å²) in [5.41, 5.74) is 2.15. The zero-order valence-corrected chi connectivity index (χ0v) is 24.5. The Labute approximate surface area is 253 Å². The minimum Gasteiger partial charge on any atom is -0.323 e. The fourth-order valence-corrected chi connectivity index (χ4v) is 5.12. The number of nitro benzene ring substituents is 1. The minimum atomic E-state index is -1.43. The van der Waals surface area contributed by atoms with E-state index in [4.69, 9.17) is 11.6 Å². The van der Waals surface area contributed by atoms with E-state index in [1.807, 2.05) is 6.07 Å². The van der Waals surface area contributed by atoms with Gasteiger partial charge in [-0.1, -0.05) is 35.9 Å². The molecule has 43 heavy (non-hydrogen) atoms. The molecule has 0 spiro atoms. The topological polar surface area (TPSA) is 185 Å². The van der Waals surface area contributed by atoms with E-state index >= 15 is 0 Å². The second-order valence-corrected chi connectivity index (χ2v) is 11.5. The molecular formula is C28H23ClN7O6S+. The number of rotatable bonds is 9. The third kappa shape index (κ3) is 6.87. The first kappa shape index (κ1) is 30.8. The van der Waals surface area contributed by atoms with Gasteiger partial charge in [0.25, 0.3) is 17.5 Å². The number of ketones is 2. The number of nitro groups is 1.